The Labute approximate surface area is 130 Å². The van der Waals surface area contributed by atoms with E-state index in [1.54, 1.807) is 12.1 Å². The molecule has 3 aliphatic rings. The second-order valence-electron chi connectivity index (χ2n) is 7.32. The van der Waals surface area contributed by atoms with E-state index in [0.717, 1.165) is 31.2 Å². The molecule has 1 aromatic rings. The van der Waals surface area contributed by atoms with Crippen LogP contribution >= 0.6 is 0 Å². The molecule has 1 saturated carbocycles. The van der Waals surface area contributed by atoms with Gasteiger partial charge in [-0.25, -0.2) is 4.39 Å². The van der Waals surface area contributed by atoms with Crippen LogP contribution in [-0.4, -0.2) is 18.0 Å². The molecule has 2 heterocycles. The normalized spacial score (nSPS) is 31.8. The Balaban J connectivity index is 1.38. The van der Waals surface area contributed by atoms with Crippen LogP contribution in [0.2, 0.25) is 0 Å². The zero-order valence-corrected chi connectivity index (χ0v) is 12.8. The highest BCUT2D eigenvalue weighted by Crippen LogP contribution is 2.46. The third-order valence-electron chi connectivity index (χ3n) is 5.55. The maximum Gasteiger partial charge on any atom is 0.220 e. The molecule has 0 aromatic heterocycles. The maximum absolute atomic E-state index is 13.4. The zero-order valence-electron chi connectivity index (χ0n) is 12.8. The van der Waals surface area contributed by atoms with Gasteiger partial charge in [-0.1, -0.05) is 12.1 Å². The van der Waals surface area contributed by atoms with Crippen LogP contribution in [0.5, 0.6) is 0 Å². The van der Waals surface area contributed by atoms with Gasteiger partial charge < -0.3 is 10.6 Å². The van der Waals surface area contributed by atoms with Crippen LogP contribution in [0, 0.1) is 11.7 Å². The smallest absolute Gasteiger partial charge is 0.220 e. The second-order valence-corrected chi connectivity index (χ2v) is 7.32. The molecule has 22 heavy (non-hydrogen) atoms. The molecule has 3 nitrogen and oxygen atoms in total. The molecule has 2 N–H and O–H groups in total. The molecule has 1 amide bonds. The minimum Gasteiger partial charge on any atom is -0.347 e. The van der Waals surface area contributed by atoms with E-state index in [-0.39, 0.29) is 17.3 Å². The van der Waals surface area contributed by atoms with Gasteiger partial charge in [-0.15, -0.1) is 0 Å². The van der Waals surface area contributed by atoms with Crippen molar-refractivity contribution in [1.82, 2.24) is 10.6 Å². The predicted molar refractivity (Wildman–Crippen MR) is 82.7 cm³/mol. The van der Waals surface area contributed by atoms with Gasteiger partial charge in [0.15, 0.2) is 0 Å². The van der Waals surface area contributed by atoms with Crippen LogP contribution in [0.15, 0.2) is 24.3 Å². The fourth-order valence-electron chi connectivity index (χ4n) is 4.32. The lowest BCUT2D eigenvalue weighted by Crippen LogP contribution is -2.41. The van der Waals surface area contributed by atoms with Gasteiger partial charge in [0.1, 0.15) is 5.82 Å². The van der Waals surface area contributed by atoms with Crippen molar-refractivity contribution >= 4 is 5.91 Å². The minimum absolute atomic E-state index is 0.132. The van der Waals surface area contributed by atoms with E-state index in [1.807, 2.05) is 6.07 Å². The molecule has 2 unspecified atom stereocenters. The Kier molecular flexibility index (Phi) is 3.44. The summed E-state index contributed by atoms with van der Waals surface area (Å²) >= 11 is 0. The highest BCUT2D eigenvalue weighted by atomic mass is 19.1. The summed E-state index contributed by atoms with van der Waals surface area (Å²) < 4.78 is 13.4. The zero-order chi connectivity index (χ0) is 15.2. The first-order valence-electron chi connectivity index (χ1n) is 8.46. The van der Waals surface area contributed by atoms with Crippen molar-refractivity contribution in [2.75, 3.05) is 0 Å². The largest absolute Gasteiger partial charge is 0.347 e. The highest BCUT2D eigenvalue weighted by Gasteiger charge is 2.46. The molecule has 2 bridgehead atoms. The lowest BCUT2D eigenvalue weighted by Gasteiger charge is -2.29. The predicted octanol–water partition coefficient (Wildman–Crippen LogP) is 2.85. The van der Waals surface area contributed by atoms with E-state index < -0.39 is 0 Å². The van der Waals surface area contributed by atoms with Crippen molar-refractivity contribution in [2.24, 2.45) is 5.92 Å². The molecule has 1 aliphatic carbocycles. The molecular weight excluding hydrogens is 279 g/mol. The average molecular weight is 302 g/mol. The van der Waals surface area contributed by atoms with Gasteiger partial charge >= 0.3 is 0 Å². The molecule has 4 rings (SSSR count). The van der Waals surface area contributed by atoms with Crippen LogP contribution in [0.1, 0.15) is 50.5 Å². The molecule has 2 atom stereocenters. The van der Waals surface area contributed by atoms with E-state index >= 15 is 0 Å². The third kappa shape index (κ3) is 2.76. The van der Waals surface area contributed by atoms with E-state index in [2.05, 4.69) is 10.6 Å². The topological polar surface area (TPSA) is 41.1 Å². The van der Waals surface area contributed by atoms with Crippen molar-refractivity contribution in [3.05, 3.63) is 35.6 Å². The number of nitrogens with one attached hydrogen (secondary N) is 2. The Hall–Kier alpha value is -1.42. The van der Waals surface area contributed by atoms with E-state index in [4.69, 9.17) is 0 Å². The average Bonchev–Trinajstić information content (AvgIpc) is 3.18. The number of fused-ring (bicyclic) bond motifs is 2. The lowest BCUT2D eigenvalue weighted by molar-refractivity contribution is -0.123. The summed E-state index contributed by atoms with van der Waals surface area (Å²) in [7, 11) is 0. The number of carbonyl (C=O) groups excluding carboxylic acids is 1. The third-order valence-corrected chi connectivity index (χ3v) is 5.55. The molecule has 2 aliphatic heterocycles. The fraction of sp³-hybridized carbons (Fsp3) is 0.611. The summed E-state index contributed by atoms with van der Waals surface area (Å²) in [4.78, 5) is 12.4. The van der Waals surface area contributed by atoms with Crippen molar-refractivity contribution < 1.29 is 9.18 Å². The molecule has 2 saturated heterocycles. The SMILES string of the molecule is O=C(CC1CC2CCC(C1)N2)NC1(c2cccc(F)c2)CC1. The summed E-state index contributed by atoms with van der Waals surface area (Å²) in [6, 6.07) is 7.89. The first kappa shape index (κ1) is 14.2. The summed E-state index contributed by atoms with van der Waals surface area (Å²) in [5, 5.41) is 6.80. The van der Waals surface area contributed by atoms with Crippen molar-refractivity contribution in [3.63, 3.8) is 0 Å². The minimum atomic E-state index is -0.301. The lowest BCUT2D eigenvalue weighted by atomic mass is 9.89. The second kappa shape index (κ2) is 5.34. The number of halogens is 1. The standard InChI is InChI=1S/C18H23FN2O/c19-14-3-1-2-13(11-14)18(6-7-18)21-17(22)10-12-8-15-4-5-16(9-12)20-15/h1-3,11-12,15-16,20H,4-10H2,(H,21,22). The van der Waals surface area contributed by atoms with Crippen molar-refractivity contribution in [1.29, 1.82) is 0 Å². The van der Waals surface area contributed by atoms with E-state index in [0.29, 0.717) is 24.4 Å². The van der Waals surface area contributed by atoms with Gasteiger partial charge in [0.25, 0.3) is 0 Å². The number of carbonyl (C=O) groups is 1. The summed E-state index contributed by atoms with van der Waals surface area (Å²) in [6.07, 6.45) is 7.21. The van der Waals surface area contributed by atoms with Gasteiger partial charge in [-0.2, -0.15) is 0 Å². The van der Waals surface area contributed by atoms with Crippen molar-refractivity contribution in [3.8, 4) is 0 Å². The van der Waals surface area contributed by atoms with E-state index in [9.17, 15) is 9.18 Å². The highest BCUT2D eigenvalue weighted by molar-refractivity contribution is 5.78. The van der Waals surface area contributed by atoms with Gasteiger partial charge in [-0.05, 0) is 62.1 Å². The van der Waals surface area contributed by atoms with Crippen LogP contribution in [0.3, 0.4) is 0 Å². The quantitative estimate of drug-likeness (QED) is 0.898. The molecule has 118 valence electrons. The summed E-state index contributed by atoms with van der Waals surface area (Å²) in [5.74, 6) is 0.406. The molecule has 0 radical (unpaired) electrons. The first-order chi connectivity index (χ1) is 10.6. The van der Waals surface area contributed by atoms with Crippen LogP contribution in [0.4, 0.5) is 4.39 Å². The molecule has 4 heteroatoms. The Morgan fingerprint density at radius 1 is 1.27 bits per heavy atom. The fourth-order valence-corrected chi connectivity index (χ4v) is 4.32. The van der Waals surface area contributed by atoms with Gasteiger partial charge in [0, 0.05) is 18.5 Å². The molecule has 1 aromatic carbocycles. The summed E-state index contributed by atoms with van der Waals surface area (Å²) in [5.41, 5.74) is 0.608. The van der Waals surface area contributed by atoms with E-state index in [1.165, 1.54) is 18.9 Å². The number of amides is 1. The van der Waals surface area contributed by atoms with Gasteiger partial charge in [-0.3, -0.25) is 4.79 Å². The molecular formula is C18H23FN2O. The monoisotopic (exact) mass is 302 g/mol. The Bertz CT molecular complexity index is 572. The number of hydrogen-bond acceptors (Lipinski definition) is 2. The number of rotatable bonds is 4. The first-order valence-corrected chi connectivity index (χ1v) is 8.46. The van der Waals surface area contributed by atoms with Crippen molar-refractivity contribution in [2.45, 2.75) is 62.6 Å². The van der Waals surface area contributed by atoms with Crippen LogP contribution in [-0.2, 0) is 10.3 Å². The molecule has 0 spiro atoms. The van der Waals surface area contributed by atoms with Crippen LogP contribution in [0.25, 0.3) is 0 Å². The number of piperidine rings is 1. The van der Waals surface area contributed by atoms with Gasteiger partial charge in [0.2, 0.25) is 5.91 Å². The Morgan fingerprint density at radius 3 is 2.64 bits per heavy atom. The summed E-state index contributed by atoms with van der Waals surface area (Å²) in [6.45, 7) is 0. The Morgan fingerprint density at radius 2 is 2.00 bits per heavy atom. The van der Waals surface area contributed by atoms with Crippen LogP contribution < -0.4 is 10.6 Å². The molecule has 3 fully saturated rings. The van der Waals surface area contributed by atoms with Gasteiger partial charge in [0.05, 0.1) is 5.54 Å². The number of benzene rings is 1. The maximum atomic E-state index is 13.4. The number of hydrogen-bond donors (Lipinski definition) is 2.